The predicted octanol–water partition coefficient (Wildman–Crippen LogP) is 0.850. The Kier molecular flexibility index (Phi) is 3.97. The van der Waals surface area contributed by atoms with E-state index in [2.05, 4.69) is 17.2 Å². The molecule has 0 spiro atoms. The van der Waals surface area contributed by atoms with Crippen LogP contribution in [0.4, 0.5) is 0 Å². The Morgan fingerprint density at radius 1 is 1.67 bits per heavy atom. The average molecular weight is 213 g/mol. The summed E-state index contributed by atoms with van der Waals surface area (Å²) in [6.07, 6.45) is 3.01. The van der Waals surface area contributed by atoms with Crippen LogP contribution >= 0.6 is 0 Å². The van der Waals surface area contributed by atoms with Crippen LogP contribution in [0.5, 0.6) is 0 Å². The average Bonchev–Trinajstić information content (AvgIpc) is 2.44. The molecule has 0 bridgehead atoms. The first-order chi connectivity index (χ1) is 6.94. The highest BCUT2D eigenvalue weighted by atomic mass is 16.3. The lowest BCUT2D eigenvalue weighted by Crippen LogP contribution is -2.40. The van der Waals surface area contributed by atoms with Crippen molar-refractivity contribution >= 4 is 5.96 Å². The van der Waals surface area contributed by atoms with E-state index in [1.165, 1.54) is 0 Å². The lowest BCUT2D eigenvalue weighted by atomic mass is 9.93. The highest BCUT2D eigenvalue weighted by molar-refractivity contribution is 5.78. The summed E-state index contributed by atoms with van der Waals surface area (Å²) in [5.74, 6) is 0.755. The zero-order valence-corrected chi connectivity index (χ0v) is 9.95. The molecule has 0 radical (unpaired) electrons. The molecule has 0 saturated heterocycles. The highest BCUT2D eigenvalue weighted by Crippen LogP contribution is 2.35. The van der Waals surface area contributed by atoms with Crippen molar-refractivity contribution in [2.24, 2.45) is 16.6 Å². The summed E-state index contributed by atoms with van der Waals surface area (Å²) < 4.78 is 0. The van der Waals surface area contributed by atoms with Gasteiger partial charge >= 0.3 is 0 Å². The molecule has 1 fully saturated rings. The lowest BCUT2D eigenvalue weighted by Gasteiger charge is -2.25. The van der Waals surface area contributed by atoms with E-state index < -0.39 is 5.60 Å². The molecule has 4 heteroatoms. The summed E-state index contributed by atoms with van der Waals surface area (Å²) in [5.41, 5.74) is 5.05. The number of nitrogens with one attached hydrogen (secondary N) is 1. The van der Waals surface area contributed by atoms with Gasteiger partial charge in [0.2, 0.25) is 0 Å². The van der Waals surface area contributed by atoms with Gasteiger partial charge in [-0.3, -0.25) is 4.99 Å². The van der Waals surface area contributed by atoms with E-state index in [9.17, 15) is 5.11 Å². The first-order valence-corrected chi connectivity index (χ1v) is 5.73. The van der Waals surface area contributed by atoms with Gasteiger partial charge in [0.25, 0.3) is 0 Å². The smallest absolute Gasteiger partial charge is 0.188 e. The first kappa shape index (κ1) is 12.3. The Hall–Kier alpha value is -0.770. The third-order valence-corrected chi connectivity index (χ3v) is 3.12. The SMILES string of the molecule is CC(C)NC(N)=NCC1(O)CCCC1C. The van der Waals surface area contributed by atoms with Gasteiger partial charge in [-0.05, 0) is 32.6 Å². The monoisotopic (exact) mass is 213 g/mol. The predicted molar refractivity (Wildman–Crippen MR) is 62.7 cm³/mol. The van der Waals surface area contributed by atoms with Crippen molar-refractivity contribution in [1.82, 2.24) is 5.32 Å². The molecule has 4 nitrogen and oxygen atoms in total. The number of aliphatic imine (C=N–C) groups is 1. The van der Waals surface area contributed by atoms with E-state index >= 15 is 0 Å². The van der Waals surface area contributed by atoms with Crippen LogP contribution in [0, 0.1) is 5.92 Å². The van der Waals surface area contributed by atoms with Gasteiger partial charge < -0.3 is 16.2 Å². The maximum absolute atomic E-state index is 10.3. The molecule has 0 aromatic heterocycles. The topological polar surface area (TPSA) is 70.6 Å². The maximum atomic E-state index is 10.3. The minimum atomic E-state index is -0.636. The Balaban J connectivity index is 2.47. The zero-order chi connectivity index (χ0) is 11.5. The van der Waals surface area contributed by atoms with Crippen LogP contribution in [0.15, 0.2) is 4.99 Å². The maximum Gasteiger partial charge on any atom is 0.188 e. The van der Waals surface area contributed by atoms with Gasteiger partial charge in [-0.2, -0.15) is 0 Å². The van der Waals surface area contributed by atoms with E-state index in [4.69, 9.17) is 5.73 Å². The van der Waals surface area contributed by atoms with Crippen LogP contribution < -0.4 is 11.1 Å². The molecule has 1 aliphatic carbocycles. The largest absolute Gasteiger partial charge is 0.388 e. The van der Waals surface area contributed by atoms with Crippen molar-refractivity contribution in [3.05, 3.63) is 0 Å². The van der Waals surface area contributed by atoms with Gasteiger partial charge in [0.1, 0.15) is 0 Å². The summed E-state index contributed by atoms with van der Waals surface area (Å²) in [5, 5.41) is 13.3. The van der Waals surface area contributed by atoms with E-state index in [1.54, 1.807) is 0 Å². The molecule has 15 heavy (non-hydrogen) atoms. The number of hydrogen-bond donors (Lipinski definition) is 3. The number of nitrogens with two attached hydrogens (primary N) is 1. The summed E-state index contributed by atoms with van der Waals surface area (Å²) in [7, 11) is 0. The van der Waals surface area contributed by atoms with Crippen LogP contribution in [0.1, 0.15) is 40.0 Å². The van der Waals surface area contributed by atoms with Crippen molar-refractivity contribution in [1.29, 1.82) is 0 Å². The Morgan fingerprint density at radius 3 is 2.80 bits per heavy atom. The fourth-order valence-corrected chi connectivity index (χ4v) is 2.03. The molecule has 0 heterocycles. The fourth-order valence-electron chi connectivity index (χ4n) is 2.03. The summed E-state index contributed by atoms with van der Waals surface area (Å²) in [6.45, 7) is 6.51. The quantitative estimate of drug-likeness (QED) is 0.481. The van der Waals surface area contributed by atoms with E-state index in [0.29, 0.717) is 18.4 Å². The van der Waals surface area contributed by atoms with Crippen molar-refractivity contribution in [2.45, 2.75) is 51.7 Å². The van der Waals surface area contributed by atoms with Crippen molar-refractivity contribution in [3.63, 3.8) is 0 Å². The number of guanidine groups is 1. The van der Waals surface area contributed by atoms with Crippen LogP contribution in [-0.4, -0.2) is 29.3 Å². The highest BCUT2D eigenvalue weighted by Gasteiger charge is 2.37. The van der Waals surface area contributed by atoms with Crippen LogP contribution in [0.3, 0.4) is 0 Å². The normalized spacial score (nSPS) is 32.3. The Labute approximate surface area is 92.0 Å². The van der Waals surface area contributed by atoms with E-state index in [-0.39, 0.29) is 6.04 Å². The van der Waals surface area contributed by atoms with Crippen LogP contribution in [-0.2, 0) is 0 Å². The second-order valence-corrected chi connectivity index (χ2v) is 4.90. The molecule has 0 aromatic rings. The molecule has 1 aliphatic rings. The van der Waals surface area contributed by atoms with Gasteiger partial charge in [-0.25, -0.2) is 0 Å². The van der Waals surface area contributed by atoms with Gasteiger partial charge in [-0.15, -0.1) is 0 Å². The molecule has 4 N–H and O–H groups in total. The van der Waals surface area contributed by atoms with E-state index in [1.807, 2.05) is 13.8 Å². The van der Waals surface area contributed by atoms with Gasteiger partial charge in [0.05, 0.1) is 12.1 Å². The van der Waals surface area contributed by atoms with Crippen LogP contribution in [0.2, 0.25) is 0 Å². The molecule has 0 amide bonds. The van der Waals surface area contributed by atoms with Gasteiger partial charge in [0.15, 0.2) is 5.96 Å². The molecule has 88 valence electrons. The van der Waals surface area contributed by atoms with Crippen molar-refractivity contribution < 1.29 is 5.11 Å². The number of hydrogen-bond acceptors (Lipinski definition) is 2. The molecule has 1 saturated carbocycles. The number of rotatable bonds is 3. The van der Waals surface area contributed by atoms with Gasteiger partial charge in [0, 0.05) is 6.04 Å². The molecule has 0 aromatic carbocycles. The molecule has 2 atom stereocenters. The number of aliphatic hydroxyl groups is 1. The van der Waals surface area contributed by atoms with Crippen molar-refractivity contribution in [2.75, 3.05) is 6.54 Å². The van der Waals surface area contributed by atoms with Crippen LogP contribution in [0.25, 0.3) is 0 Å². The number of nitrogens with zero attached hydrogens (tertiary/aromatic N) is 1. The molecular weight excluding hydrogens is 190 g/mol. The third-order valence-electron chi connectivity index (χ3n) is 3.12. The summed E-state index contributed by atoms with van der Waals surface area (Å²) >= 11 is 0. The third kappa shape index (κ3) is 3.38. The standard InChI is InChI=1S/C11H23N3O/c1-8(2)14-10(12)13-7-11(15)6-4-5-9(11)3/h8-9,15H,4-7H2,1-3H3,(H3,12,13,14). The molecule has 0 aliphatic heterocycles. The lowest BCUT2D eigenvalue weighted by molar-refractivity contribution is 0.0186. The Bertz CT molecular complexity index is 240. The molecule has 2 unspecified atom stereocenters. The zero-order valence-electron chi connectivity index (χ0n) is 9.95. The second kappa shape index (κ2) is 4.84. The Morgan fingerprint density at radius 2 is 2.33 bits per heavy atom. The summed E-state index contributed by atoms with van der Waals surface area (Å²) in [6, 6.07) is 0.282. The minimum Gasteiger partial charge on any atom is -0.388 e. The van der Waals surface area contributed by atoms with Crippen molar-refractivity contribution in [3.8, 4) is 0 Å². The molecule has 1 rings (SSSR count). The fraction of sp³-hybridized carbons (Fsp3) is 0.909. The van der Waals surface area contributed by atoms with Gasteiger partial charge in [-0.1, -0.05) is 13.3 Å². The minimum absolute atomic E-state index is 0.282. The molecular formula is C11H23N3O. The second-order valence-electron chi connectivity index (χ2n) is 4.90. The first-order valence-electron chi connectivity index (χ1n) is 5.73. The van der Waals surface area contributed by atoms with E-state index in [0.717, 1.165) is 19.3 Å². The summed E-state index contributed by atoms with van der Waals surface area (Å²) in [4.78, 5) is 4.20.